The second-order valence-electron chi connectivity index (χ2n) is 5.79. The molecular weight excluding hydrogens is 218 g/mol. The Morgan fingerprint density at radius 3 is 2.44 bits per heavy atom. The molecule has 2 unspecified atom stereocenters. The summed E-state index contributed by atoms with van der Waals surface area (Å²) in [6.07, 6.45) is 6.84. The van der Waals surface area contributed by atoms with Gasteiger partial charge >= 0.3 is 0 Å². The van der Waals surface area contributed by atoms with Gasteiger partial charge in [0.1, 0.15) is 0 Å². The first kappa shape index (κ1) is 13.6. The molecule has 0 aliphatic heterocycles. The van der Waals surface area contributed by atoms with Crippen LogP contribution in [0.3, 0.4) is 0 Å². The molecular formula is C17H27N. The molecule has 2 rings (SSSR count). The molecule has 0 heterocycles. The summed E-state index contributed by atoms with van der Waals surface area (Å²) in [5.41, 5.74) is 1.50. The lowest BCUT2D eigenvalue weighted by molar-refractivity contribution is 0.395. The predicted octanol–water partition coefficient (Wildman–Crippen LogP) is 4.35. The molecule has 100 valence electrons. The Balaban J connectivity index is 1.96. The zero-order chi connectivity index (χ0) is 12.8. The fraction of sp³-hybridized carbons (Fsp3) is 0.647. The number of rotatable bonds is 6. The Morgan fingerprint density at radius 1 is 1.17 bits per heavy atom. The molecule has 1 N–H and O–H groups in total. The molecule has 0 amide bonds. The van der Waals surface area contributed by atoms with E-state index in [2.05, 4.69) is 49.5 Å². The van der Waals surface area contributed by atoms with E-state index in [4.69, 9.17) is 0 Å². The fourth-order valence-electron chi connectivity index (χ4n) is 3.06. The van der Waals surface area contributed by atoms with Gasteiger partial charge in [0, 0.05) is 12.6 Å². The average molecular weight is 245 g/mol. The molecule has 1 heteroatoms. The minimum absolute atomic E-state index is 0.664. The minimum atomic E-state index is 0.664. The van der Waals surface area contributed by atoms with Crippen molar-refractivity contribution >= 4 is 0 Å². The van der Waals surface area contributed by atoms with E-state index in [0.29, 0.717) is 5.92 Å². The van der Waals surface area contributed by atoms with Crippen LogP contribution in [0.1, 0.15) is 57.4 Å². The van der Waals surface area contributed by atoms with Crippen molar-refractivity contribution in [2.45, 2.75) is 57.9 Å². The summed E-state index contributed by atoms with van der Waals surface area (Å²) in [5.74, 6) is 1.41. The van der Waals surface area contributed by atoms with Crippen molar-refractivity contribution in [2.75, 3.05) is 6.54 Å². The van der Waals surface area contributed by atoms with E-state index in [1.807, 2.05) is 0 Å². The molecule has 1 fully saturated rings. The Morgan fingerprint density at radius 2 is 1.83 bits per heavy atom. The van der Waals surface area contributed by atoms with Crippen LogP contribution < -0.4 is 5.32 Å². The van der Waals surface area contributed by atoms with Crippen molar-refractivity contribution in [2.24, 2.45) is 5.92 Å². The molecule has 0 spiro atoms. The van der Waals surface area contributed by atoms with E-state index in [0.717, 1.165) is 18.5 Å². The first-order chi connectivity index (χ1) is 8.81. The van der Waals surface area contributed by atoms with Crippen LogP contribution in [0, 0.1) is 5.92 Å². The maximum absolute atomic E-state index is 3.80. The molecule has 0 radical (unpaired) electrons. The lowest BCUT2D eigenvalue weighted by Gasteiger charge is -2.26. The Hall–Kier alpha value is -0.820. The smallest absolute Gasteiger partial charge is 0.00673 e. The lowest BCUT2D eigenvalue weighted by atomic mass is 9.85. The van der Waals surface area contributed by atoms with Crippen molar-refractivity contribution in [3.8, 4) is 0 Å². The summed E-state index contributed by atoms with van der Waals surface area (Å²) in [5, 5.41) is 3.80. The molecule has 1 aliphatic carbocycles. The molecule has 2 atom stereocenters. The van der Waals surface area contributed by atoms with Gasteiger partial charge in [-0.2, -0.15) is 0 Å². The summed E-state index contributed by atoms with van der Waals surface area (Å²) in [6, 6.07) is 11.8. The second kappa shape index (κ2) is 6.94. The average Bonchev–Trinajstić information content (AvgIpc) is 2.93. The topological polar surface area (TPSA) is 12.0 Å². The standard InChI is InChI=1S/C17H27N/c1-3-14(2)17(15-9-5-4-6-10-15)13-18-16-11-7-8-12-16/h4-6,9-10,14,16-18H,3,7-8,11-13H2,1-2H3. The van der Waals surface area contributed by atoms with E-state index in [9.17, 15) is 0 Å². The van der Waals surface area contributed by atoms with Gasteiger partial charge in [-0.1, -0.05) is 63.4 Å². The van der Waals surface area contributed by atoms with Gasteiger partial charge in [0.05, 0.1) is 0 Å². The number of hydrogen-bond donors (Lipinski definition) is 1. The van der Waals surface area contributed by atoms with Gasteiger partial charge in [0.25, 0.3) is 0 Å². The molecule has 1 nitrogen and oxygen atoms in total. The molecule has 1 aromatic carbocycles. The fourth-order valence-corrected chi connectivity index (χ4v) is 3.06. The van der Waals surface area contributed by atoms with Crippen molar-refractivity contribution < 1.29 is 0 Å². The van der Waals surface area contributed by atoms with Crippen LogP contribution in [0.15, 0.2) is 30.3 Å². The minimum Gasteiger partial charge on any atom is -0.313 e. The quantitative estimate of drug-likeness (QED) is 0.785. The molecule has 1 saturated carbocycles. The predicted molar refractivity (Wildman–Crippen MR) is 78.9 cm³/mol. The van der Waals surface area contributed by atoms with Gasteiger partial charge in [-0.05, 0) is 30.2 Å². The maximum atomic E-state index is 3.80. The summed E-state index contributed by atoms with van der Waals surface area (Å²) in [7, 11) is 0. The van der Waals surface area contributed by atoms with E-state index in [1.54, 1.807) is 0 Å². The monoisotopic (exact) mass is 245 g/mol. The zero-order valence-electron chi connectivity index (χ0n) is 11.9. The van der Waals surface area contributed by atoms with E-state index < -0.39 is 0 Å². The summed E-state index contributed by atoms with van der Waals surface area (Å²) in [4.78, 5) is 0. The number of benzene rings is 1. The SMILES string of the molecule is CCC(C)C(CNC1CCCC1)c1ccccc1. The van der Waals surface area contributed by atoms with Gasteiger partial charge in [-0.15, -0.1) is 0 Å². The van der Waals surface area contributed by atoms with Gasteiger partial charge in [0.2, 0.25) is 0 Å². The van der Waals surface area contributed by atoms with E-state index in [1.165, 1.54) is 37.7 Å². The van der Waals surface area contributed by atoms with Gasteiger partial charge in [-0.25, -0.2) is 0 Å². The van der Waals surface area contributed by atoms with Crippen molar-refractivity contribution in [3.05, 3.63) is 35.9 Å². The third-order valence-corrected chi connectivity index (χ3v) is 4.54. The van der Waals surface area contributed by atoms with E-state index in [-0.39, 0.29) is 0 Å². The first-order valence-electron chi connectivity index (χ1n) is 7.59. The highest BCUT2D eigenvalue weighted by Gasteiger charge is 2.20. The highest BCUT2D eigenvalue weighted by Crippen LogP contribution is 2.27. The Kier molecular flexibility index (Phi) is 5.25. The van der Waals surface area contributed by atoms with Gasteiger partial charge < -0.3 is 5.32 Å². The zero-order valence-corrected chi connectivity index (χ0v) is 11.9. The summed E-state index contributed by atoms with van der Waals surface area (Å²) >= 11 is 0. The Bertz CT molecular complexity index is 327. The van der Waals surface area contributed by atoms with Gasteiger partial charge in [-0.3, -0.25) is 0 Å². The normalized spacial score (nSPS) is 19.9. The van der Waals surface area contributed by atoms with E-state index >= 15 is 0 Å². The van der Waals surface area contributed by atoms with Crippen LogP contribution in [0.4, 0.5) is 0 Å². The number of nitrogens with one attached hydrogen (secondary N) is 1. The largest absolute Gasteiger partial charge is 0.313 e. The highest BCUT2D eigenvalue weighted by molar-refractivity contribution is 5.20. The van der Waals surface area contributed by atoms with Crippen LogP contribution in [-0.4, -0.2) is 12.6 Å². The summed E-state index contributed by atoms with van der Waals surface area (Å²) < 4.78 is 0. The van der Waals surface area contributed by atoms with Crippen LogP contribution in [0.5, 0.6) is 0 Å². The molecule has 1 aliphatic rings. The van der Waals surface area contributed by atoms with Crippen LogP contribution in [0.2, 0.25) is 0 Å². The van der Waals surface area contributed by atoms with Crippen LogP contribution in [0.25, 0.3) is 0 Å². The number of hydrogen-bond acceptors (Lipinski definition) is 1. The van der Waals surface area contributed by atoms with Gasteiger partial charge in [0.15, 0.2) is 0 Å². The first-order valence-corrected chi connectivity index (χ1v) is 7.59. The highest BCUT2D eigenvalue weighted by atomic mass is 14.9. The van der Waals surface area contributed by atoms with Crippen LogP contribution in [-0.2, 0) is 0 Å². The van der Waals surface area contributed by atoms with Crippen molar-refractivity contribution in [1.29, 1.82) is 0 Å². The maximum Gasteiger partial charge on any atom is 0.00673 e. The second-order valence-corrected chi connectivity index (χ2v) is 5.79. The van der Waals surface area contributed by atoms with Crippen molar-refractivity contribution in [1.82, 2.24) is 5.32 Å². The summed E-state index contributed by atoms with van der Waals surface area (Å²) in [6.45, 7) is 5.83. The molecule has 0 aromatic heterocycles. The van der Waals surface area contributed by atoms with Crippen molar-refractivity contribution in [3.63, 3.8) is 0 Å². The molecule has 0 bridgehead atoms. The third kappa shape index (κ3) is 3.58. The lowest BCUT2D eigenvalue weighted by Crippen LogP contribution is -2.32. The Labute approximate surface area is 112 Å². The van der Waals surface area contributed by atoms with Crippen LogP contribution >= 0.6 is 0 Å². The third-order valence-electron chi connectivity index (χ3n) is 4.54. The molecule has 18 heavy (non-hydrogen) atoms. The molecule has 0 saturated heterocycles. The molecule has 1 aromatic rings.